The number of carboxylic acids is 1. The maximum atomic E-state index is 12.0. The molecular formula is C30H49N3O2. The van der Waals surface area contributed by atoms with Crippen LogP contribution < -0.4 is 0 Å². The Hall–Kier alpha value is -2.17. The van der Waals surface area contributed by atoms with Crippen molar-refractivity contribution in [3.8, 4) is 5.69 Å². The number of benzene rings is 1. The van der Waals surface area contributed by atoms with Crippen molar-refractivity contribution < 1.29 is 9.90 Å². The summed E-state index contributed by atoms with van der Waals surface area (Å²) < 4.78 is 1.65. The summed E-state index contributed by atoms with van der Waals surface area (Å²) in [6, 6.07) is 7.64. The van der Waals surface area contributed by atoms with Crippen LogP contribution in [0.15, 0.2) is 36.7 Å². The van der Waals surface area contributed by atoms with E-state index >= 15 is 0 Å². The number of para-hydroxylation sites is 1. The molecule has 5 nitrogen and oxygen atoms in total. The van der Waals surface area contributed by atoms with Crippen molar-refractivity contribution in [2.75, 3.05) is 0 Å². The number of aliphatic carboxylic acids is 1. The van der Waals surface area contributed by atoms with Crippen LogP contribution in [0, 0.1) is 0 Å². The maximum absolute atomic E-state index is 12.0. The highest BCUT2D eigenvalue weighted by molar-refractivity contribution is 5.77. The van der Waals surface area contributed by atoms with Crippen LogP contribution in [0.25, 0.3) is 5.69 Å². The zero-order valence-corrected chi connectivity index (χ0v) is 22.2. The number of hydrogen-bond acceptors (Lipinski definition) is 3. The van der Waals surface area contributed by atoms with Gasteiger partial charge in [-0.25, -0.2) is 4.68 Å². The summed E-state index contributed by atoms with van der Waals surface area (Å²) in [5, 5.41) is 17.8. The summed E-state index contributed by atoms with van der Waals surface area (Å²) >= 11 is 0. The number of nitrogens with zero attached hydrogens (tertiary/aromatic N) is 3. The second kappa shape index (κ2) is 19.1. The highest BCUT2D eigenvalue weighted by Gasteiger charge is 2.23. The summed E-state index contributed by atoms with van der Waals surface area (Å²) in [4.78, 5) is 12.0. The molecule has 0 saturated heterocycles. The Morgan fingerprint density at radius 2 is 1.26 bits per heavy atom. The van der Waals surface area contributed by atoms with Crippen molar-refractivity contribution in [2.45, 2.75) is 135 Å². The summed E-state index contributed by atoms with van der Waals surface area (Å²) in [6.45, 7) is 2.28. The van der Waals surface area contributed by atoms with Gasteiger partial charge in [0.25, 0.3) is 0 Å². The largest absolute Gasteiger partial charge is 0.481 e. The van der Waals surface area contributed by atoms with Crippen LogP contribution in [-0.2, 0) is 4.79 Å². The highest BCUT2D eigenvalue weighted by Crippen LogP contribution is 2.28. The molecule has 1 heterocycles. The Kier molecular flexibility index (Phi) is 15.8. The maximum Gasteiger partial charge on any atom is 0.311 e. The zero-order valence-electron chi connectivity index (χ0n) is 22.2. The number of carbonyl (C=O) groups is 1. The summed E-state index contributed by atoms with van der Waals surface area (Å²) in [5.41, 5.74) is 1.62. The zero-order chi connectivity index (χ0) is 25.0. The molecule has 196 valence electrons. The van der Waals surface area contributed by atoms with Crippen LogP contribution in [0.1, 0.15) is 140 Å². The van der Waals surface area contributed by atoms with E-state index in [2.05, 4.69) is 17.2 Å². The quantitative estimate of drug-likeness (QED) is 0.170. The molecule has 1 N–H and O–H groups in total. The van der Waals surface area contributed by atoms with Gasteiger partial charge in [0.15, 0.2) is 0 Å². The molecule has 35 heavy (non-hydrogen) atoms. The van der Waals surface area contributed by atoms with Crippen LogP contribution in [0.4, 0.5) is 0 Å². The van der Waals surface area contributed by atoms with Gasteiger partial charge < -0.3 is 5.11 Å². The average molecular weight is 484 g/mol. The Labute approximate surface area is 213 Å². The van der Waals surface area contributed by atoms with Gasteiger partial charge >= 0.3 is 5.97 Å². The molecule has 0 fully saturated rings. The number of aromatic nitrogens is 3. The van der Waals surface area contributed by atoms with E-state index in [-0.39, 0.29) is 0 Å². The molecule has 5 heteroatoms. The lowest BCUT2D eigenvalue weighted by molar-refractivity contribution is -0.139. The molecule has 2 aromatic rings. The predicted octanol–water partition coefficient (Wildman–Crippen LogP) is 8.87. The van der Waals surface area contributed by atoms with E-state index in [1.807, 2.05) is 24.3 Å². The summed E-state index contributed by atoms with van der Waals surface area (Å²) in [6.07, 6.45) is 28.2. The minimum atomic E-state index is -0.760. The van der Waals surface area contributed by atoms with E-state index < -0.39 is 11.9 Å². The minimum Gasteiger partial charge on any atom is -0.481 e. The minimum absolute atomic E-state index is 0.503. The average Bonchev–Trinajstić information content (AvgIpc) is 3.40. The fourth-order valence-electron chi connectivity index (χ4n) is 4.99. The van der Waals surface area contributed by atoms with Gasteiger partial charge in [-0.1, -0.05) is 146 Å². The fourth-order valence-corrected chi connectivity index (χ4v) is 4.99. The molecule has 0 amide bonds. The SMILES string of the molecule is CCCCCCCCCCCCCCCCCCCCC(C(=O)O)c1ccccc1-n1ccnn1. The molecule has 1 atom stereocenters. The summed E-state index contributed by atoms with van der Waals surface area (Å²) in [7, 11) is 0. The van der Waals surface area contributed by atoms with Gasteiger partial charge in [0, 0.05) is 0 Å². The molecule has 0 spiro atoms. The molecule has 1 aromatic heterocycles. The fraction of sp³-hybridized carbons (Fsp3) is 0.700. The second-order valence-corrected chi connectivity index (χ2v) is 10.1. The number of carboxylic acid groups (broad SMARTS) is 1. The molecule has 0 aliphatic rings. The van der Waals surface area contributed by atoms with Crippen molar-refractivity contribution in [1.29, 1.82) is 0 Å². The van der Waals surface area contributed by atoms with E-state index in [0.29, 0.717) is 6.42 Å². The number of hydrogen-bond donors (Lipinski definition) is 1. The van der Waals surface area contributed by atoms with Gasteiger partial charge in [0.2, 0.25) is 0 Å². The van der Waals surface area contributed by atoms with E-state index in [0.717, 1.165) is 24.1 Å². The lowest BCUT2D eigenvalue weighted by Crippen LogP contribution is -2.14. The first-order valence-corrected chi connectivity index (χ1v) is 14.4. The van der Waals surface area contributed by atoms with Gasteiger partial charge in [-0.05, 0) is 18.1 Å². The third-order valence-electron chi connectivity index (χ3n) is 7.13. The van der Waals surface area contributed by atoms with E-state index in [1.54, 1.807) is 17.1 Å². The third kappa shape index (κ3) is 12.4. The van der Waals surface area contributed by atoms with Crippen molar-refractivity contribution in [3.05, 3.63) is 42.2 Å². The predicted molar refractivity (Wildman–Crippen MR) is 145 cm³/mol. The third-order valence-corrected chi connectivity index (χ3v) is 7.13. The molecule has 1 aromatic carbocycles. The first-order chi connectivity index (χ1) is 17.2. The molecule has 0 saturated carbocycles. The van der Waals surface area contributed by atoms with Crippen molar-refractivity contribution in [2.24, 2.45) is 0 Å². The van der Waals surface area contributed by atoms with Gasteiger partial charge in [-0.15, -0.1) is 5.10 Å². The Bertz CT molecular complexity index is 776. The van der Waals surface area contributed by atoms with Crippen LogP contribution in [0.2, 0.25) is 0 Å². The molecule has 0 aliphatic carbocycles. The smallest absolute Gasteiger partial charge is 0.311 e. The van der Waals surface area contributed by atoms with Crippen LogP contribution in [0.5, 0.6) is 0 Å². The van der Waals surface area contributed by atoms with Gasteiger partial charge in [-0.3, -0.25) is 4.79 Å². The Morgan fingerprint density at radius 3 is 1.71 bits per heavy atom. The van der Waals surface area contributed by atoms with E-state index in [9.17, 15) is 9.90 Å². The van der Waals surface area contributed by atoms with Gasteiger partial charge in [-0.2, -0.15) is 0 Å². The molecule has 0 radical (unpaired) electrons. The van der Waals surface area contributed by atoms with Crippen molar-refractivity contribution >= 4 is 5.97 Å². The topological polar surface area (TPSA) is 68.0 Å². The lowest BCUT2D eigenvalue weighted by atomic mass is 9.91. The van der Waals surface area contributed by atoms with Crippen LogP contribution in [-0.4, -0.2) is 26.1 Å². The van der Waals surface area contributed by atoms with Crippen LogP contribution in [0.3, 0.4) is 0 Å². The summed E-state index contributed by atoms with van der Waals surface area (Å²) in [5.74, 6) is -1.26. The first kappa shape index (κ1) is 29.1. The Balaban J connectivity index is 1.47. The van der Waals surface area contributed by atoms with Gasteiger partial charge in [0.05, 0.1) is 24.0 Å². The van der Waals surface area contributed by atoms with E-state index in [4.69, 9.17) is 0 Å². The van der Waals surface area contributed by atoms with Gasteiger partial charge in [0.1, 0.15) is 0 Å². The Morgan fingerprint density at radius 1 is 0.771 bits per heavy atom. The lowest BCUT2D eigenvalue weighted by Gasteiger charge is -2.16. The standard InChI is InChI=1S/C30H49N3O2/c1-2-3-4-5-6-7-8-9-10-11-12-13-14-15-16-17-18-19-23-28(30(34)35)27-22-20-21-24-29(27)33-26-25-31-32-33/h20-22,24-26,28H,2-19,23H2,1H3,(H,34,35). The molecule has 0 bridgehead atoms. The molecule has 0 aliphatic heterocycles. The second-order valence-electron chi connectivity index (χ2n) is 10.1. The van der Waals surface area contributed by atoms with Crippen molar-refractivity contribution in [3.63, 3.8) is 0 Å². The molecule has 2 rings (SSSR count). The highest BCUT2D eigenvalue weighted by atomic mass is 16.4. The van der Waals surface area contributed by atoms with E-state index in [1.165, 1.54) is 103 Å². The first-order valence-electron chi connectivity index (χ1n) is 14.4. The monoisotopic (exact) mass is 483 g/mol. The normalized spacial score (nSPS) is 12.1. The molecule has 1 unspecified atom stereocenters. The van der Waals surface area contributed by atoms with Crippen molar-refractivity contribution in [1.82, 2.24) is 15.0 Å². The number of unbranched alkanes of at least 4 members (excludes halogenated alkanes) is 17. The molecular weight excluding hydrogens is 434 g/mol. The van der Waals surface area contributed by atoms with Crippen LogP contribution >= 0.6 is 0 Å². The number of rotatable bonds is 22.